The number of anilines is 2. The van der Waals surface area contributed by atoms with Crippen molar-refractivity contribution in [1.29, 1.82) is 0 Å². The van der Waals surface area contributed by atoms with E-state index in [4.69, 9.17) is 0 Å². The Bertz CT molecular complexity index is 1000. The number of amides is 1. The van der Waals surface area contributed by atoms with E-state index < -0.39 is 0 Å². The molecule has 0 radical (unpaired) electrons. The average molecular weight is 323 g/mol. The lowest BCUT2D eigenvalue weighted by atomic mass is 10.1. The molecule has 0 aromatic heterocycles. The highest BCUT2D eigenvalue weighted by Crippen LogP contribution is 2.33. The number of nitrogens with zero attached hydrogens (tertiary/aromatic N) is 1. The van der Waals surface area contributed by atoms with E-state index in [-0.39, 0.29) is 5.91 Å². The molecule has 2 heteroatoms. The highest BCUT2D eigenvalue weighted by molar-refractivity contribution is 6.15. The zero-order chi connectivity index (χ0) is 17.1. The SMILES string of the molecule is O=C(c1ccccc1)N(c1ccccc1)c1cccc2ccccc12. The van der Waals surface area contributed by atoms with E-state index in [1.807, 2.05) is 84.9 Å². The Morgan fingerprint density at radius 1 is 0.600 bits per heavy atom. The molecule has 4 aromatic rings. The molecule has 0 aliphatic carbocycles. The van der Waals surface area contributed by atoms with Gasteiger partial charge >= 0.3 is 0 Å². The van der Waals surface area contributed by atoms with Crippen LogP contribution in [0.2, 0.25) is 0 Å². The second-order valence-electron chi connectivity index (χ2n) is 5.84. The van der Waals surface area contributed by atoms with Crippen molar-refractivity contribution in [1.82, 2.24) is 0 Å². The van der Waals surface area contributed by atoms with Crippen molar-refractivity contribution in [2.75, 3.05) is 4.90 Å². The van der Waals surface area contributed by atoms with Crippen LogP contribution < -0.4 is 4.90 Å². The molecule has 1 amide bonds. The summed E-state index contributed by atoms with van der Waals surface area (Å²) in [7, 11) is 0. The normalized spacial score (nSPS) is 10.6. The van der Waals surface area contributed by atoms with Gasteiger partial charge in [-0.1, -0.05) is 72.8 Å². The van der Waals surface area contributed by atoms with Crippen LogP contribution in [0.3, 0.4) is 0 Å². The highest BCUT2D eigenvalue weighted by Gasteiger charge is 2.21. The molecule has 0 unspecified atom stereocenters. The number of fused-ring (bicyclic) bond motifs is 1. The number of rotatable bonds is 3. The molecule has 0 fully saturated rings. The first-order chi connectivity index (χ1) is 12.3. The number of para-hydroxylation sites is 1. The monoisotopic (exact) mass is 323 g/mol. The second kappa shape index (κ2) is 6.62. The first kappa shape index (κ1) is 15.2. The van der Waals surface area contributed by atoms with Gasteiger partial charge in [-0.15, -0.1) is 0 Å². The third kappa shape index (κ3) is 2.90. The van der Waals surface area contributed by atoms with Crippen LogP contribution in [-0.2, 0) is 0 Å². The van der Waals surface area contributed by atoms with Gasteiger partial charge in [-0.25, -0.2) is 0 Å². The van der Waals surface area contributed by atoms with Gasteiger partial charge in [0.2, 0.25) is 0 Å². The van der Waals surface area contributed by atoms with E-state index in [0.29, 0.717) is 5.56 Å². The molecular formula is C23H17NO. The quantitative estimate of drug-likeness (QED) is 0.465. The van der Waals surface area contributed by atoms with Gasteiger partial charge in [-0.3, -0.25) is 9.69 Å². The lowest BCUT2D eigenvalue weighted by molar-refractivity contribution is 0.0999. The van der Waals surface area contributed by atoms with E-state index in [9.17, 15) is 4.79 Å². The molecule has 25 heavy (non-hydrogen) atoms. The maximum Gasteiger partial charge on any atom is 0.262 e. The molecule has 0 heterocycles. The summed E-state index contributed by atoms with van der Waals surface area (Å²) in [6.07, 6.45) is 0. The molecule has 0 saturated carbocycles. The van der Waals surface area contributed by atoms with Crippen LogP contribution in [0.15, 0.2) is 103 Å². The molecule has 0 aliphatic rings. The van der Waals surface area contributed by atoms with E-state index in [2.05, 4.69) is 18.2 Å². The van der Waals surface area contributed by atoms with Gasteiger partial charge in [0.1, 0.15) is 0 Å². The molecule has 0 saturated heterocycles. The molecule has 4 rings (SSSR count). The molecule has 0 aliphatic heterocycles. The van der Waals surface area contributed by atoms with E-state index in [0.717, 1.165) is 22.1 Å². The van der Waals surface area contributed by atoms with Crippen LogP contribution in [-0.4, -0.2) is 5.91 Å². The van der Waals surface area contributed by atoms with E-state index in [1.54, 1.807) is 4.90 Å². The summed E-state index contributed by atoms with van der Waals surface area (Å²) in [6, 6.07) is 33.4. The maximum atomic E-state index is 13.3. The zero-order valence-electron chi connectivity index (χ0n) is 13.7. The van der Waals surface area contributed by atoms with Gasteiger partial charge in [0.15, 0.2) is 0 Å². The van der Waals surface area contributed by atoms with Crippen LogP contribution in [0, 0.1) is 0 Å². The van der Waals surface area contributed by atoms with Crippen molar-refractivity contribution in [3.05, 3.63) is 109 Å². The summed E-state index contributed by atoms with van der Waals surface area (Å²) in [5.41, 5.74) is 2.41. The first-order valence-electron chi connectivity index (χ1n) is 8.27. The Labute approximate surface area is 147 Å². The van der Waals surface area contributed by atoms with Crippen molar-refractivity contribution in [3.63, 3.8) is 0 Å². The van der Waals surface area contributed by atoms with Crippen LogP contribution in [0.1, 0.15) is 10.4 Å². The van der Waals surface area contributed by atoms with Gasteiger partial charge in [0.05, 0.1) is 5.69 Å². The second-order valence-corrected chi connectivity index (χ2v) is 5.84. The summed E-state index contributed by atoms with van der Waals surface area (Å²) >= 11 is 0. The summed E-state index contributed by atoms with van der Waals surface area (Å²) in [5.74, 6) is -0.0387. The van der Waals surface area contributed by atoms with Gasteiger partial charge < -0.3 is 0 Å². The Balaban J connectivity index is 1.93. The summed E-state index contributed by atoms with van der Waals surface area (Å²) in [5, 5.41) is 2.17. The van der Waals surface area contributed by atoms with Crippen molar-refractivity contribution < 1.29 is 4.79 Å². The molecular weight excluding hydrogens is 306 g/mol. The minimum absolute atomic E-state index is 0.0387. The fourth-order valence-electron chi connectivity index (χ4n) is 3.06. The minimum atomic E-state index is -0.0387. The standard InChI is InChI=1S/C23H17NO/c25-23(19-11-3-1-4-12-19)24(20-14-5-2-6-15-20)22-17-9-13-18-10-7-8-16-21(18)22/h1-17H. The summed E-state index contributed by atoms with van der Waals surface area (Å²) in [4.78, 5) is 15.1. The third-order valence-electron chi connectivity index (χ3n) is 4.25. The fourth-order valence-corrected chi connectivity index (χ4v) is 3.06. The lowest BCUT2D eigenvalue weighted by Gasteiger charge is -2.24. The molecule has 120 valence electrons. The van der Waals surface area contributed by atoms with Gasteiger partial charge in [0.25, 0.3) is 5.91 Å². The molecule has 0 spiro atoms. The third-order valence-corrected chi connectivity index (χ3v) is 4.25. The summed E-state index contributed by atoms with van der Waals surface area (Å²) in [6.45, 7) is 0. The summed E-state index contributed by atoms with van der Waals surface area (Å²) < 4.78 is 0. The Hall–Kier alpha value is -3.39. The van der Waals surface area contributed by atoms with Crippen molar-refractivity contribution >= 4 is 28.1 Å². The minimum Gasteiger partial charge on any atom is -0.276 e. The topological polar surface area (TPSA) is 20.3 Å². The van der Waals surface area contributed by atoms with Gasteiger partial charge in [-0.05, 0) is 35.7 Å². The Morgan fingerprint density at radius 3 is 1.96 bits per heavy atom. The predicted octanol–water partition coefficient (Wildman–Crippen LogP) is 5.82. The van der Waals surface area contributed by atoms with Crippen LogP contribution >= 0.6 is 0 Å². The number of carbonyl (C=O) groups is 1. The van der Waals surface area contributed by atoms with Crippen molar-refractivity contribution in [2.24, 2.45) is 0 Å². The number of hydrogen-bond donors (Lipinski definition) is 0. The fraction of sp³-hybridized carbons (Fsp3) is 0. The zero-order valence-corrected chi connectivity index (χ0v) is 13.7. The predicted molar refractivity (Wildman–Crippen MR) is 103 cm³/mol. The van der Waals surface area contributed by atoms with Crippen molar-refractivity contribution in [2.45, 2.75) is 0 Å². The lowest BCUT2D eigenvalue weighted by Crippen LogP contribution is -2.26. The van der Waals surface area contributed by atoms with Crippen LogP contribution in [0.4, 0.5) is 11.4 Å². The molecule has 0 atom stereocenters. The average Bonchev–Trinajstić information content (AvgIpc) is 2.70. The number of carbonyl (C=O) groups excluding carboxylic acids is 1. The molecule has 4 aromatic carbocycles. The van der Waals surface area contributed by atoms with Crippen LogP contribution in [0.5, 0.6) is 0 Å². The Kier molecular flexibility index (Phi) is 4.01. The Morgan fingerprint density at radius 2 is 1.20 bits per heavy atom. The van der Waals surface area contributed by atoms with Crippen LogP contribution in [0.25, 0.3) is 10.8 Å². The van der Waals surface area contributed by atoms with Gasteiger partial charge in [0, 0.05) is 16.6 Å². The van der Waals surface area contributed by atoms with Crippen molar-refractivity contribution in [3.8, 4) is 0 Å². The largest absolute Gasteiger partial charge is 0.276 e. The molecule has 2 nitrogen and oxygen atoms in total. The maximum absolute atomic E-state index is 13.3. The van der Waals surface area contributed by atoms with E-state index in [1.165, 1.54) is 0 Å². The van der Waals surface area contributed by atoms with E-state index >= 15 is 0 Å². The number of benzene rings is 4. The van der Waals surface area contributed by atoms with Gasteiger partial charge in [-0.2, -0.15) is 0 Å². The highest BCUT2D eigenvalue weighted by atomic mass is 16.2. The number of hydrogen-bond acceptors (Lipinski definition) is 1. The molecule has 0 N–H and O–H groups in total. The smallest absolute Gasteiger partial charge is 0.262 e. The molecule has 0 bridgehead atoms. The first-order valence-corrected chi connectivity index (χ1v) is 8.27.